The van der Waals surface area contributed by atoms with Gasteiger partial charge in [0, 0.05) is 0 Å². The maximum Gasteiger partial charge on any atom is 0.171 e. The molecular weight excluding hydrogens is 324 g/mol. The topological polar surface area (TPSA) is 24.1 Å². The zero-order chi connectivity index (χ0) is 16.2. The summed E-state index contributed by atoms with van der Waals surface area (Å²) in [7, 11) is 0. The predicted octanol–water partition coefficient (Wildman–Crippen LogP) is 5.54. The molecule has 0 aliphatic rings. The molecule has 0 heterocycles. The summed E-state index contributed by atoms with van der Waals surface area (Å²) in [5.74, 6) is 0. The van der Waals surface area contributed by atoms with Gasteiger partial charge >= 0.3 is 0 Å². The average molecular weight is 341 g/mol. The molecule has 0 amide bonds. The summed E-state index contributed by atoms with van der Waals surface area (Å²) in [6.07, 6.45) is 0. The number of benzene rings is 3. The number of para-hydroxylation sites is 1. The third-order valence-corrected chi connectivity index (χ3v) is 4.31. The first-order chi connectivity index (χ1) is 11.1. The van der Waals surface area contributed by atoms with Gasteiger partial charge in [-0.25, -0.2) is 0 Å². The van der Waals surface area contributed by atoms with Gasteiger partial charge in [0.05, 0.1) is 16.8 Å². The Labute approximate surface area is 146 Å². The van der Waals surface area contributed by atoms with Gasteiger partial charge in [-0.3, -0.25) is 0 Å². The number of fused-ring (bicyclic) bond motifs is 1. The Morgan fingerprint density at radius 2 is 1.65 bits per heavy atom. The summed E-state index contributed by atoms with van der Waals surface area (Å²) in [5, 5.41) is 10.1. The summed E-state index contributed by atoms with van der Waals surface area (Å²) < 4.78 is 0. The molecule has 2 N–H and O–H groups in total. The Kier molecular flexibility index (Phi) is 4.79. The summed E-state index contributed by atoms with van der Waals surface area (Å²) in [5.41, 5.74) is 2.02. The van der Waals surface area contributed by atoms with E-state index in [4.69, 9.17) is 23.8 Å². The second-order valence-corrected chi connectivity index (χ2v) is 6.18. The van der Waals surface area contributed by atoms with Crippen LogP contribution in [0.2, 0.25) is 5.02 Å². The third-order valence-electron chi connectivity index (χ3n) is 3.76. The van der Waals surface area contributed by atoms with Crippen molar-refractivity contribution in [1.29, 1.82) is 0 Å². The van der Waals surface area contributed by atoms with Crippen LogP contribution in [0.5, 0.6) is 0 Å². The van der Waals surface area contributed by atoms with Crippen molar-refractivity contribution in [3.8, 4) is 0 Å². The summed E-state index contributed by atoms with van der Waals surface area (Å²) in [4.78, 5) is 0. The number of halogens is 1. The van der Waals surface area contributed by atoms with Crippen LogP contribution < -0.4 is 10.6 Å². The molecule has 0 saturated carbocycles. The van der Waals surface area contributed by atoms with Gasteiger partial charge in [0.25, 0.3) is 0 Å². The lowest BCUT2D eigenvalue weighted by Crippen LogP contribution is -2.31. The Bertz CT molecular complexity index is 842. The molecule has 0 spiro atoms. The molecular formula is C19H17ClN2S. The van der Waals surface area contributed by atoms with Crippen molar-refractivity contribution in [1.82, 2.24) is 5.32 Å². The first-order valence-electron chi connectivity index (χ1n) is 7.45. The minimum Gasteiger partial charge on any atom is -0.356 e. The Balaban J connectivity index is 1.77. The van der Waals surface area contributed by atoms with Gasteiger partial charge in [0.1, 0.15) is 0 Å². The van der Waals surface area contributed by atoms with Gasteiger partial charge in [-0.05, 0) is 47.6 Å². The van der Waals surface area contributed by atoms with Gasteiger partial charge in [-0.2, -0.15) is 0 Å². The summed E-state index contributed by atoms with van der Waals surface area (Å²) >= 11 is 11.6. The molecule has 116 valence electrons. The molecule has 0 fully saturated rings. The van der Waals surface area contributed by atoms with Gasteiger partial charge in [-0.15, -0.1) is 0 Å². The molecule has 23 heavy (non-hydrogen) atoms. The minimum atomic E-state index is 0.0867. The van der Waals surface area contributed by atoms with Crippen LogP contribution in [-0.4, -0.2) is 5.11 Å². The molecule has 1 atom stereocenters. The zero-order valence-electron chi connectivity index (χ0n) is 12.7. The number of anilines is 1. The predicted molar refractivity (Wildman–Crippen MR) is 103 cm³/mol. The lowest BCUT2D eigenvalue weighted by molar-refractivity contribution is 0.729. The van der Waals surface area contributed by atoms with E-state index in [0.717, 1.165) is 5.69 Å². The van der Waals surface area contributed by atoms with E-state index >= 15 is 0 Å². The second-order valence-electron chi connectivity index (χ2n) is 5.37. The number of nitrogens with one attached hydrogen (secondary N) is 2. The minimum absolute atomic E-state index is 0.0867. The maximum atomic E-state index is 6.15. The molecule has 3 aromatic rings. The Hall–Kier alpha value is -2.10. The molecule has 0 radical (unpaired) electrons. The van der Waals surface area contributed by atoms with E-state index in [1.165, 1.54) is 16.3 Å². The first-order valence-corrected chi connectivity index (χ1v) is 8.23. The molecule has 0 aromatic heterocycles. The van der Waals surface area contributed by atoms with Crippen molar-refractivity contribution in [2.24, 2.45) is 0 Å². The van der Waals surface area contributed by atoms with E-state index in [1.807, 2.05) is 30.3 Å². The van der Waals surface area contributed by atoms with Crippen LogP contribution in [0.25, 0.3) is 10.8 Å². The van der Waals surface area contributed by atoms with Gasteiger partial charge < -0.3 is 10.6 Å². The smallest absolute Gasteiger partial charge is 0.171 e. The molecule has 3 rings (SSSR count). The van der Waals surface area contributed by atoms with Crippen LogP contribution in [0, 0.1) is 0 Å². The highest BCUT2D eigenvalue weighted by atomic mass is 35.5. The van der Waals surface area contributed by atoms with E-state index in [1.54, 1.807) is 0 Å². The number of thiocarbonyl (C=S) groups is 1. The number of hydrogen-bond donors (Lipinski definition) is 2. The van der Waals surface area contributed by atoms with Crippen LogP contribution in [0.15, 0.2) is 66.7 Å². The molecule has 0 saturated heterocycles. The van der Waals surface area contributed by atoms with Crippen molar-refractivity contribution in [2.75, 3.05) is 5.32 Å². The van der Waals surface area contributed by atoms with Crippen LogP contribution in [0.4, 0.5) is 5.69 Å². The first kappa shape index (κ1) is 15.8. The monoisotopic (exact) mass is 340 g/mol. The molecule has 0 aliphatic carbocycles. The lowest BCUT2D eigenvalue weighted by atomic mass is 10.00. The normalized spacial score (nSPS) is 11.9. The maximum absolute atomic E-state index is 6.15. The highest BCUT2D eigenvalue weighted by Crippen LogP contribution is 2.25. The molecule has 3 aromatic carbocycles. The van der Waals surface area contributed by atoms with E-state index < -0.39 is 0 Å². The van der Waals surface area contributed by atoms with Crippen molar-refractivity contribution in [3.05, 3.63) is 77.3 Å². The summed E-state index contributed by atoms with van der Waals surface area (Å²) in [6.45, 7) is 2.10. The fraction of sp³-hybridized carbons (Fsp3) is 0.105. The van der Waals surface area contributed by atoms with Crippen LogP contribution in [0.3, 0.4) is 0 Å². The summed E-state index contributed by atoms with van der Waals surface area (Å²) in [6, 6.07) is 22.3. The van der Waals surface area contributed by atoms with Crippen molar-refractivity contribution in [2.45, 2.75) is 13.0 Å². The van der Waals surface area contributed by atoms with E-state index in [-0.39, 0.29) is 6.04 Å². The van der Waals surface area contributed by atoms with Crippen molar-refractivity contribution in [3.63, 3.8) is 0 Å². The lowest BCUT2D eigenvalue weighted by Gasteiger charge is -2.19. The van der Waals surface area contributed by atoms with Gasteiger partial charge in [0.2, 0.25) is 0 Å². The SMILES string of the molecule is CC(NC(=S)Nc1ccccc1Cl)c1cccc2ccccc12. The molecule has 0 aliphatic heterocycles. The Morgan fingerprint density at radius 1 is 0.957 bits per heavy atom. The van der Waals surface area contributed by atoms with Crippen molar-refractivity contribution < 1.29 is 0 Å². The van der Waals surface area contributed by atoms with Gasteiger partial charge in [0.15, 0.2) is 5.11 Å². The van der Waals surface area contributed by atoms with Crippen LogP contribution in [0.1, 0.15) is 18.5 Å². The fourth-order valence-corrected chi connectivity index (χ4v) is 3.09. The Morgan fingerprint density at radius 3 is 2.48 bits per heavy atom. The van der Waals surface area contributed by atoms with E-state index in [0.29, 0.717) is 10.1 Å². The highest BCUT2D eigenvalue weighted by molar-refractivity contribution is 7.80. The second kappa shape index (κ2) is 6.99. The quantitative estimate of drug-likeness (QED) is 0.612. The molecule has 2 nitrogen and oxygen atoms in total. The van der Waals surface area contributed by atoms with E-state index in [2.05, 4.69) is 54.0 Å². The fourth-order valence-electron chi connectivity index (χ4n) is 2.62. The number of hydrogen-bond acceptors (Lipinski definition) is 1. The van der Waals surface area contributed by atoms with Crippen LogP contribution in [-0.2, 0) is 0 Å². The highest BCUT2D eigenvalue weighted by Gasteiger charge is 2.11. The molecule has 1 unspecified atom stereocenters. The largest absolute Gasteiger partial charge is 0.356 e. The zero-order valence-corrected chi connectivity index (χ0v) is 14.3. The number of rotatable bonds is 3. The standard InChI is InChI=1S/C19H17ClN2S/c1-13(15-10-6-8-14-7-2-3-9-16(14)15)21-19(23)22-18-12-5-4-11-17(18)20/h2-13H,1H3,(H2,21,22,23). The molecule has 0 bridgehead atoms. The van der Waals surface area contributed by atoms with Crippen LogP contribution >= 0.6 is 23.8 Å². The third kappa shape index (κ3) is 3.63. The average Bonchev–Trinajstić information content (AvgIpc) is 2.56. The van der Waals surface area contributed by atoms with Crippen molar-refractivity contribution >= 4 is 45.4 Å². The van der Waals surface area contributed by atoms with Gasteiger partial charge in [-0.1, -0.05) is 66.2 Å². The molecule has 4 heteroatoms. The van der Waals surface area contributed by atoms with E-state index in [9.17, 15) is 0 Å².